The predicted octanol–water partition coefficient (Wildman–Crippen LogP) is 0.639. The fourth-order valence-electron chi connectivity index (χ4n) is 2.52. The van der Waals surface area contributed by atoms with Crippen LogP contribution in [0.1, 0.15) is 62.3 Å². The van der Waals surface area contributed by atoms with Crippen LogP contribution in [0.15, 0.2) is 28.5 Å². The third-order valence-electron chi connectivity index (χ3n) is 3.60. The van der Waals surface area contributed by atoms with E-state index in [-0.39, 0.29) is 39.5 Å². The van der Waals surface area contributed by atoms with Gasteiger partial charge in [0.15, 0.2) is 5.65 Å². The minimum atomic E-state index is -0.522. The van der Waals surface area contributed by atoms with Gasteiger partial charge in [-0.1, -0.05) is 20.4 Å². The minimum absolute atomic E-state index is 0. The number of carbonyl (C=O) groups is 1. The van der Waals surface area contributed by atoms with E-state index in [2.05, 4.69) is 16.7 Å². The zero-order valence-electron chi connectivity index (χ0n) is 17.4. The molecule has 0 aliphatic rings. The molecule has 0 radical (unpaired) electrons. The number of fused-ring (bicyclic) bond motifs is 1. The Hall–Kier alpha value is -2.80. The van der Waals surface area contributed by atoms with Crippen molar-refractivity contribution in [1.82, 2.24) is 14.6 Å². The monoisotopic (exact) mass is 448 g/mol. The second-order valence-electron chi connectivity index (χ2n) is 6.79. The quantitative estimate of drug-likeness (QED) is 0.223. The number of allylic oxidation sites excluding steroid dienone is 4. The maximum atomic E-state index is 12.5. The summed E-state index contributed by atoms with van der Waals surface area (Å²) in [6.45, 7) is 14.1. The number of aryl methyl sites for hydroxylation is 1. The second-order valence-corrected chi connectivity index (χ2v) is 6.79. The summed E-state index contributed by atoms with van der Waals surface area (Å²) in [4.78, 5) is 37.3. The van der Waals surface area contributed by atoms with Crippen molar-refractivity contribution in [1.29, 1.82) is 0 Å². The van der Waals surface area contributed by atoms with Crippen LogP contribution in [0, 0.1) is 6.92 Å². The molecule has 0 spiro atoms. The van der Waals surface area contributed by atoms with E-state index in [1.165, 1.54) is 19.9 Å². The smallest absolute Gasteiger partial charge is 0.322 e. The van der Waals surface area contributed by atoms with Crippen LogP contribution in [0.5, 0.6) is 0 Å². The van der Waals surface area contributed by atoms with Crippen LogP contribution in [-0.4, -0.2) is 41.2 Å². The molecule has 0 bridgehead atoms. The summed E-state index contributed by atoms with van der Waals surface area (Å²) in [7, 11) is 0. The van der Waals surface area contributed by atoms with E-state index in [9.17, 15) is 9.59 Å². The van der Waals surface area contributed by atoms with Crippen molar-refractivity contribution in [2.24, 2.45) is 0 Å². The Morgan fingerprint density at radius 1 is 1.17 bits per heavy atom. The molecule has 0 saturated carbocycles. The Balaban J connectivity index is 0.000000846. The van der Waals surface area contributed by atoms with Gasteiger partial charge in [0, 0.05) is 35.6 Å². The molecule has 0 saturated heterocycles. The fourth-order valence-corrected chi connectivity index (χ4v) is 2.52. The van der Waals surface area contributed by atoms with Gasteiger partial charge >= 0.3 is 5.78 Å². The van der Waals surface area contributed by atoms with Crippen LogP contribution < -0.4 is 10.8 Å². The van der Waals surface area contributed by atoms with Crippen LogP contribution >= 0.6 is 0 Å². The molecule has 29 heavy (non-hydrogen) atoms. The summed E-state index contributed by atoms with van der Waals surface area (Å²) < 4.78 is 1.13. The molecule has 9 heteroatoms. The molecule has 2 aromatic rings. The Kier molecular flexibility index (Phi) is 9.64. The number of aromatic nitrogens is 3. The summed E-state index contributed by atoms with van der Waals surface area (Å²) in [6, 6.07) is 0. The third kappa shape index (κ3) is 6.64. The molecule has 0 atom stereocenters. The van der Waals surface area contributed by atoms with Crippen LogP contribution in [0.2, 0.25) is 0 Å². The maximum absolute atomic E-state index is 12.5. The van der Waals surface area contributed by atoms with Gasteiger partial charge in [0.2, 0.25) is 17.3 Å². The molecule has 8 nitrogen and oxygen atoms in total. The summed E-state index contributed by atoms with van der Waals surface area (Å²) in [5.41, 5.74) is 0.832. The van der Waals surface area contributed by atoms with E-state index < -0.39 is 11.3 Å². The first kappa shape index (κ1) is 26.2. The number of carbonyl (C=O) groups excluding carboxylic acids is 2. The van der Waals surface area contributed by atoms with Gasteiger partial charge in [-0.2, -0.15) is 9.61 Å². The molecule has 0 amide bonds. The van der Waals surface area contributed by atoms with E-state index >= 15 is 0 Å². The van der Waals surface area contributed by atoms with Crippen LogP contribution in [0.4, 0.5) is 0 Å². The van der Waals surface area contributed by atoms with Crippen molar-refractivity contribution in [3.05, 3.63) is 56.2 Å². The first-order valence-electron chi connectivity index (χ1n) is 8.65. The number of hydrogen-bond donors (Lipinski definition) is 0. The molecule has 2 aromatic heterocycles. The van der Waals surface area contributed by atoms with Gasteiger partial charge < -0.3 is 10.2 Å². The predicted molar refractivity (Wildman–Crippen MR) is 111 cm³/mol. The normalized spacial score (nSPS) is 11.7. The first-order valence-corrected chi connectivity index (χ1v) is 8.65. The molecule has 5 N–H and O–H groups in total. The van der Waals surface area contributed by atoms with Crippen LogP contribution in [0.25, 0.3) is 12.2 Å². The zero-order chi connectivity index (χ0) is 21.8. The largest absolute Gasteiger partial charge is 0.597 e. The molecular formula is C20H28N3NiO5+3. The molecule has 0 aromatic carbocycles. The van der Waals surface area contributed by atoms with Crippen LogP contribution in [-0.2, 0) is 16.5 Å². The molecule has 2 heterocycles. The van der Waals surface area contributed by atoms with Crippen molar-refractivity contribution in [2.45, 2.75) is 47.5 Å². The Labute approximate surface area is 178 Å². The maximum Gasteiger partial charge on any atom is 0.322 e. The van der Waals surface area contributed by atoms with Gasteiger partial charge in [-0.3, -0.25) is 14.4 Å². The number of hydrogen-bond acceptors (Lipinski definition) is 4. The van der Waals surface area contributed by atoms with E-state index in [0.29, 0.717) is 28.0 Å². The number of rotatable bonds is 4. The summed E-state index contributed by atoms with van der Waals surface area (Å²) in [5, 5.41) is 19.0. The van der Waals surface area contributed by atoms with Crippen molar-refractivity contribution < 1.29 is 36.3 Å². The van der Waals surface area contributed by atoms with Gasteiger partial charge in [-0.15, -0.1) is 0 Å². The van der Waals surface area contributed by atoms with Crippen molar-refractivity contribution in [3.8, 4) is 0 Å². The van der Waals surface area contributed by atoms with Crippen molar-refractivity contribution in [3.63, 3.8) is 0 Å². The van der Waals surface area contributed by atoms with E-state index in [4.69, 9.17) is 15.0 Å². The fraction of sp³-hybridized carbons (Fsp3) is 0.350. The topological polar surface area (TPSA) is 132 Å². The van der Waals surface area contributed by atoms with Gasteiger partial charge in [-0.05, 0) is 12.8 Å². The Morgan fingerprint density at radius 2 is 1.69 bits per heavy atom. The molecular weight excluding hydrogens is 421 g/mol. The SMILES string of the molecule is C=c1c(C(C)C)nn2c(=O)c(C(=O)/C=C(/C)[OH2+])c(C)nc12.CC(=[OH+])/C=C(/C)[OH2+].[Ni]. The Morgan fingerprint density at radius 3 is 2.07 bits per heavy atom. The minimum Gasteiger partial charge on any atom is -0.597 e. The van der Waals surface area contributed by atoms with E-state index in [1.54, 1.807) is 13.8 Å². The molecule has 0 unspecified atom stereocenters. The molecule has 160 valence electrons. The van der Waals surface area contributed by atoms with Gasteiger partial charge in [-0.25, -0.2) is 4.98 Å². The summed E-state index contributed by atoms with van der Waals surface area (Å²) in [6.07, 6.45) is 2.50. The van der Waals surface area contributed by atoms with E-state index in [0.717, 1.165) is 10.6 Å². The zero-order valence-corrected chi connectivity index (χ0v) is 18.3. The molecule has 0 aliphatic heterocycles. The van der Waals surface area contributed by atoms with Gasteiger partial charge in [0.25, 0.3) is 5.56 Å². The third-order valence-corrected chi connectivity index (χ3v) is 3.60. The first-order chi connectivity index (χ1) is 12.9. The average molecular weight is 449 g/mol. The summed E-state index contributed by atoms with van der Waals surface area (Å²) in [5.74, 6) is 0.229. The van der Waals surface area contributed by atoms with Crippen molar-refractivity contribution >= 4 is 23.8 Å². The molecule has 0 aliphatic carbocycles. The van der Waals surface area contributed by atoms with E-state index in [1.807, 2.05) is 13.8 Å². The van der Waals surface area contributed by atoms with Gasteiger partial charge in [0.05, 0.1) is 24.4 Å². The summed E-state index contributed by atoms with van der Waals surface area (Å²) >= 11 is 0. The Bertz CT molecular complexity index is 1080. The number of ketones is 2. The average Bonchev–Trinajstić information content (AvgIpc) is 2.83. The van der Waals surface area contributed by atoms with Crippen molar-refractivity contribution in [2.75, 3.05) is 0 Å². The second kappa shape index (κ2) is 10.7. The standard InChI is InChI=1S/C15H17N3O3.C5H8O2.Ni/c1-7(2)13-9(4)14-16-10(5)12(11(20)6-8(3)19)15(21)18(14)17-13;1-4(6)3-5(2)7;/h6-7,19H,4H2,1-3,5H3;3,6H,1-2H3;/p+3/b8-6-;4-3-;. The number of nitrogens with zero attached hydrogens (tertiary/aromatic N) is 3. The van der Waals surface area contributed by atoms with Crippen LogP contribution in [0.3, 0.4) is 0 Å². The molecule has 0 fully saturated rings. The van der Waals surface area contributed by atoms with Gasteiger partial charge in [0.1, 0.15) is 11.6 Å². The molecule has 2 rings (SSSR count).